The fourth-order valence-corrected chi connectivity index (χ4v) is 2.59. The van der Waals surface area contributed by atoms with Gasteiger partial charge in [-0.15, -0.1) is 0 Å². The molecule has 0 unspecified atom stereocenters. The highest BCUT2D eigenvalue weighted by Crippen LogP contribution is 2.38. The van der Waals surface area contributed by atoms with E-state index < -0.39 is 17.3 Å². The Labute approximate surface area is 140 Å². The van der Waals surface area contributed by atoms with Gasteiger partial charge in [0.15, 0.2) is 5.76 Å². The zero-order chi connectivity index (χ0) is 17.3. The third kappa shape index (κ3) is 2.75. The lowest BCUT2D eigenvalue weighted by molar-refractivity contribution is -0.384. The highest BCUT2D eigenvalue weighted by atomic mass is 35.5. The summed E-state index contributed by atoms with van der Waals surface area (Å²) in [4.78, 5) is 10.6. The molecular weight excluding hydrogens is 339 g/mol. The number of nitro groups is 1. The standard InChI is InChI=1S/C16H10ClFN2O4/c17-13-6-5-9(18)7-11(13)15-12(8-21)16(24-19-15)10-3-1-2-4-14(10)20(22)23/h1-7,21H,8H2. The summed E-state index contributed by atoms with van der Waals surface area (Å²) in [6, 6.07) is 9.60. The van der Waals surface area contributed by atoms with Gasteiger partial charge in [-0.3, -0.25) is 10.1 Å². The molecular formula is C16H10ClFN2O4. The van der Waals surface area contributed by atoms with Crippen molar-refractivity contribution in [2.45, 2.75) is 6.61 Å². The van der Waals surface area contributed by atoms with Crippen LogP contribution in [-0.4, -0.2) is 15.2 Å². The summed E-state index contributed by atoms with van der Waals surface area (Å²) in [6.45, 7) is -0.507. The predicted molar refractivity (Wildman–Crippen MR) is 84.9 cm³/mol. The quantitative estimate of drug-likeness (QED) is 0.563. The molecule has 0 saturated carbocycles. The van der Waals surface area contributed by atoms with Crippen LogP contribution in [0.3, 0.4) is 0 Å². The second-order valence-corrected chi connectivity index (χ2v) is 5.30. The minimum Gasteiger partial charge on any atom is -0.391 e. The molecule has 1 aromatic heterocycles. The average molecular weight is 349 g/mol. The van der Waals surface area contributed by atoms with E-state index in [9.17, 15) is 19.6 Å². The molecule has 1 N–H and O–H groups in total. The highest BCUT2D eigenvalue weighted by Gasteiger charge is 2.25. The lowest BCUT2D eigenvalue weighted by atomic mass is 10.0. The molecule has 0 amide bonds. The third-order valence-electron chi connectivity index (χ3n) is 3.48. The summed E-state index contributed by atoms with van der Waals surface area (Å²) in [6.07, 6.45) is 0. The van der Waals surface area contributed by atoms with Crippen LogP contribution in [0.15, 0.2) is 47.0 Å². The molecule has 0 fully saturated rings. The number of halogens is 2. The first-order valence-electron chi connectivity index (χ1n) is 6.81. The van der Waals surface area contributed by atoms with E-state index in [1.54, 1.807) is 6.07 Å². The van der Waals surface area contributed by atoms with E-state index in [0.29, 0.717) is 0 Å². The number of nitrogens with zero attached hydrogens (tertiary/aromatic N) is 2. The minimum absolute atomic E-state index is 0.0418. The molecule has 0 aliphatic carbocycles. The fourth-order valence-electron chi connectivity index (χ4n) is 2.38. The molecule has 0 saturated heterocycles. The van der Waals surface area contributed by atoms with E-state index in [1.165, 1.54) is 30.3 Å². The van der Waals surface area contributed by atoms with E-state index in [1.807, 2.05) is 0 Å². The molecule has 0 aliphatic heterocycles. The number of aliphatic hydroxyl groups excluding tert-OH is 1. The smallest absolute Gasteiger partial charge is 0.280 e. The molecule has 24 heavy (non-hydrogen) atoms. The molecule has 0 atom stereocenters. The van der Waals surface area contributed by atoms with Crippen LogP contribution < -0.4 is 0 Å². The van der Waals surface area contributed by atoms with Crippen molar-refractivity contribution >= 4 is 17.3 Å². The Bertz CT molecular complexity index is 926. The summed E-state index contributed by atoms with van der Waals surface area (Å²) in [5.74, 6) is -0.492. The molecule has 3 aromatic rings. The van der Waals surface area contributed by atoms with Crippen LogP contribution in [0.5, 0.6) is 0 Å². The van der Waals surface area contributed by atoms with Crippen LogP contribution >= 0.6 is 11.6 Å². The maximum Gasteiger partial charge on any atom is 0.280 e. The zero-order valence-electron chi connectivity index (χ0n) is 12.1. The van der Waals surface area contributed by atoms with Crippen molar-refractivity contribution in [2.24, 2.45) is 0 Å². The highest BCUT2D eigenvalue weighted by molar-refractivity contribution is 6.33. The van der Waals surface area contributed by atoms with Gasteiger partial charge >= 0.3 is 0 Å². The van der Waals surface area contributed by atoms with Crippen LogP contribution in [0.2, 0.25) is 5.02 Å². The second-order valence-electron chi connectivity index (χ2n) is 4.90. The summed E-state index contributed by atoms with van der Waals surface area (Å²) < 4.78 is 18.7. The Morgan fingerprint density at radius 3 is 2.71 bits per heavy atom. The van der Waals surface area contributed by atoms with Crippen LogP contribution in [0.4, 0.5) is 10.1 Å². The third-order valence-corrected chi connectivity index (χ3v) is 3.80. The van der Waals surface area contributed by atoms with Gasteiger partial charge in [-0.25, -0.2) is 4.39 Å². The number of rotatable bonds is 4. The van der Waals surface area contributed by atoms with E-state index in [2.05, 4.69) is 5.16 Å². The van der Waals surface area contributed by atoms with Crippen molar-refractivity contribution in [3.8, 4) is 22.6 Å². The van der Waals surface area contributed by atoms with Crippen molar-refractivity contribution in [1.29, 1.82) is 0 Å². The molecule has 122 valence electrons. The number of benzene rings is 2. The van der Waals surface area contributed by atoms with E-state index in [4.69, 9.17) is 16.1 Å². The average Bonchev–Trinajstić information content (AvgIpc) is 3.00. The number of aromatic nitrogens is 1. The number of hydrogen-bond acceptors (Lipinski definition) is 5. The molecule has 1 heterocycles. The zero-order valence-corrected chi connectivity index (χ0v) is 12.8. The largest absolute Gasteiger partial charge is 0.391 e. The minimum atomic E-state index is -0.562. The van der Waals surface area contributed by atoms with Crippen molar-refractivity contribution in [3.63, 3.8) is 0 Å². The van der Waals surface area contributed by atoms with Gasteiger partial charge in [0.1, 0.15) is 11.5 Å². The lowest BCUT2D eigenvalue weighted by Gasteiger charge is -2.04. The van der Waals surface area contributed by atoms with Crippen molar-refractivity contribution in [1.82, 2.24) is 5.16 Å². The molecule has 8 heteroatoms. The Hall–Kier alpha value is -2.77. The van der Waals surface area contributed by atoms with Crippen molar-refractivity contribution in [2.75, 3.05) is 0 Å². The van der Waals surface area contributed by atoms with Gasteiger partial charge in [0.25, 0.3) is 5.69 Å². The van der Waals surface area contributed by atoms with Gasteiger partial charge in [0.2, 0.25) is 0 Å². The van der Waals surface area contributed by atoms with Gasteiger partial charge < -0.3 is 9.63 Å². The Morgan fingerprint density at radius 1 is 1.25 bits per heavy atom. The maximum atomic E-state index is 13.5. The van der Waals surface area contributed by atoms with E-state index >= 15 is 0 Å². The molecule has 6 nitrogen and oxygen atoms in total. The van der Waals surface area contributed by atoms with Crippen LogP contribution in [-0.2, 0) is 6.61 Å². The van der Waals surface area contributed by atoms with Crippen molar-refractivity contribution in [3.05, 3.63) is 69.0 Å². The van der Waals surface area contributed by atoms with Gasteiger partial charge in [0, 0.05) is 11.6 Å². The maximum absolute atomic E-state index is 13.5. The first kappa shape index (κ1) is 16.1. The Balaban J connectivity index is 2.22. The summed E-state index contributed by atoms with van der Waals surface area (Å²) in [5, 5.41) is 24.9. The van der Waals surface area contributed by atoms with Gasteiger partial charge in [0.05, 0.1) is 27.7 Å². The number of nitro benzene ring substituents is 1. The second kappa shape index (κ2) is 6.38. The number of para-hydroxylation sites is 1. The molecule has 0 aliphatic rings. The van der Waals surface area contributed by atoms with Gasteiger partial charge in [-0.1, -0.05) is 28.9 Å². The van der Waals surface area contributed by atoms with Gasteiger partial charge in [-0.2, -0.15) is 0 Å². The van der Waals surface area contributed by atoms with Crippen LogP contribution in [0.25, 0.3) is 22.6 Å². The summed E-state index contributed by atoms with van der Waals surface area (Å²) in [7, 11) is 0. The Morgan fingerprint density at radius 2 is 2.00 bits per heavy atom. The topological polar surface area (TPSA) is 89.4 Å². The lowest BCUT2D eigenvalue weighted by Crippen LogP contribution is -1.94. The molecule has 0 radical (unpaired) electrons. The SMILES string of the molecule is O=[N+]([O-])c1ccccc1-c1onc(-c2cc(F)ccc2Cl)c1CO. The van der Waals surface area contributed by atoms with E-state index in [-0.39, 0.29) is 38.9 Å². The van der Waals surface area contributed by atoms with Gasteiger partial charge in [-0.05, 0) is 24.3 Å². The summed E-state index contributed by atoms with van der Waals surface area (Å²) in [5.41, 5.74) is 0.527. The normalized spacial score (nSPS) is 10.8. The van der Waals surface area contributed by atoms with E-state index in [0.717, 1.165) is 6.07 Å². The number of hydrogen-bond donors (Lipinski definition) is 1. The summed E-state index contributed by atoms with van der Waals surface area (Å²) >= 11 is 6.06. The van der Waals surface area contributed by atoms with Crippen LogP contribution in [0.1, 0.15) is 5.56 Å². The molecule has 0 spiro atoms. The first-order valence-corrected chi connectivity index (χ1v) is 7.19. The molecule has 0 bridgehead atoms. The van der Waals surface area contributed by atoms with Crippen LogP contribution in [0, 0.1) is 15.9 Å². The molecule has 2 aromatic carbocycles. The van der Waals surface area contributed by atoms with Crippen molar-refractivity contribution < 1.29 is 18.9 Å². The number of aliphatic hydroxyl groups is 1. The molecule has 3 rings (SSSR count). The first-order chi connectivity index (χ1) is 11.5. The predicted octanol–water partition coefficient (Wildman–Crippen LogP) is 4.20. The monoisotopic (exact) mass is 348 g/mol. The fraction of sp³-hybridized carbons (Fsp3) is 0.0625. The Kier molecular flexibility index (Phi) is 4.28.